The van der Waals surface area contributed by atoms with Crippen molar-refractivity contribution in [2.45, 2.75) is 45.9 Å². The lowest BCUT2D eigenvalue weighted by Crippen LogP contribution is -2.28. The number of halogens is 1. The van der Waals surface area contributed by atoms with Gasteiger partial charge in [0.25, 0.3) is 0 Å². The summed E-state index contributed by atoms with van der Waals surface area (Å²) in [4.78, 5) is 10.4. The van der Waals surface area contributed by atoms with Crippen LogP contribution in [0.25, 0.3) is 0 Å². The summed E-state index contributed by atoms with van der Waals surface area (Å²) in [6.07, 6.45) is 0.814. The Morgan fingerprint density at radius 1 is 1.31 bits per heavy atom. The average molecular weight is 207 g/mol. The van der Waals surface area contributed by atoms with E-state index >= 15 is 0 Å². The Bertz CT molecular complexity index is 180. The van der Waals surface area contributed by atoms with Crippen molar-refractivity contribution in [2.75, 3.05) is 6.61 Å². The zero-order valence-corrected chi connectivity index (χ0v) is 9.86. The van der Waals surface area contributed by atoms with Gasteiger partial charge in [0.1, 0.15) is 0 Å². The first kappa shape index (κ1) is 12.8. The van der Waals surface area contributed by atoms with Crippen molar-refractivity contribution in [3.63, 3.8) is 0 Å². The molecule has 0 aromatic rings. The third-order valence-corrected chi connectivity index (χ3v) is 1.70. The van der Waals surface area contributed by atoms with Crippen LogP contribution in [0.1, 0.15) is 41.0 Å². The van der Waals surface area contributed by atoms with Crippen LogP contribution in [0.15, 0.2) is 0 Å². The van der Waals surface area contributed by atoms with Crippen LogP contribution in [-0.2, 0) is 9.53 Å². The molecular formula is C10H19ClO2. The second-order valence-corrected chi connectivity index (χ2v) is 5.86. The Labute approximate surface area is 85.6 Å². The van der Waals surface area contributed by atoms with Crippen LogP contribution in [0.3, 0.4) is 0 Å². The molecule has 13 heavy (non-hydrogen) atoms. The fourth-order valence-corrected chi connectivity index (χ4v) is 1.85. The van der Waals surface area contributed by atoms with Gasteiger partial charge < -0.3 is 4.74 Å². The number of rotatable bonds is 4. The number of carbonyl (C=O) groups is 1. The monoisotopic (exact) mass is 206 g/mol. The molecule has 0 aliphatic heterocycles. The molecule has 0 fully saturated rings. The zero-order valence-electron chi connectivity index (χ0n) is 9.11. The van der Waals surface area contributed by atoms with Crippen LogP contribution >= 0.6 is 11.6 Å². The Morgan fingerprint density at radius 3 is 2.08 bits per heavy atom. The predicted octanol–water partition coefficient (Wildman–Crippen LogP) is 2.98. The lowest BCUT2D eigenvalue weighted by molar-refractivity contribution is -0.144. The molecule has 0 radical (unpaired) electrons. The van der Waals surface area contributed by atoms with Gasteiger partial charge in [0, 0.05) is 17.2 Å². The molecule has 0 saturated heterocycles. The third kappa shape index (κ3) is 8.10. The van der Waals surface area contributed by atoms with Crippen molar-refractivity contribution in [3.8, 4) is 0 Å². The molecule has 0 atom stereocenters. The van der Waals surface area contributed by atoms with E-state index in [9.17, 15) is 4.79 Å². The van der Waals surface area contributed by atoms with Crippen molar-refractivity contribution in [1.82, 2.24) is 0 Å². The predicted molar refractivity (Wildman–Crippen MR) is 55.0 cm³/mol. The van der Waals surface area contributed by atoms with Crippen molar-refractivity contribution < 1.29 is 9.53 Å². The van der Waals surface area contributed by atoms with E-state index < -0.39 is 0 Å². The van der Waals surface area contributed by atoms with Crippen molar-refractivity contribution in [1.29, 1.82) is 0 Å². The highest BCUT2D eigenvalue weighted by atomic mass is 35.5. The summed E-state index contributed by atoms with van der Waals surface area (Å²) in [6, 6.07) is 0. The van der Waals surface area contributed by atoms with Crippen LogP contribution in [-0.4, -0.2) is 17.5 Å². The summed E-state index contributed by atoms with van der Waals surface area (Å²) < 4.78 is 4.95. The first-order valence-corrected chi connectivity index (χ1v) is 4.82. The van der Waals surface area contributed by atoms with Crippen molar-refractivity contribution in [3.05, 3.63) is 0 Å². The second kappa shape index (κ2) is 4.32. The second-order valence-electron chi connectivity index (χ2n) is 4.84. The van der Waals surface area contributed by atoms with Gasteiger partial charge in [-0.05, 0) is 20.3 Å². The number of alkyl halides is 1. The summed E-state index contributed by atoms with van der Waals surface area (Å²) >= 11 is 6.09. The Balaban J connectivity index is 4.01. The van der Waals surface area contributed by atoms with Crippen LogP contribution in [0.5, 0.6) is 0 Å². The van der Waals surface area contributed by atoms with E-state index in [4.69, 9.17) is 16.3 Å². The van der Waals surface area contributed by atoms with E-state index in [0.717, 1.165) is 6.42 Å². The van der Waals surface area contributed by atoms with Gasteiger partial charge in [-0.2, -0.15) is 0 Å². The smallest absolute Gasteiger partial charge is 0.302 e. The lowest BCUT2D eigenvalue weighted by Gasteiger charge is -2.30. The minimum atomic E-state index is -0.246. The first-order valence-electron chi connectivity index (χ1n) is 4.45. The van der Waals surface area contributed by atoms with Gasteiger partial charge >= 0.3 is 5.97 Å². The molecule has 0 unspecified atom stereocenters. The maximum Gasteiger partial charge on any atom is 0.302 e. The van der Waals surface area contributed by atoms with Crippen molar-refractivity contribution in [2.24, 2.45) is 5.41 Å². The topological polar surface area (TPSA) is 26.3 Å². The van der Waals surface area contributed by atoms with Gasteiger partial charge in [0.2, 0.25) is 0 Å². The maximum atomic E-state index is 10.6. The van der Waals surface area contributed by atoms with Gasteiger partial charge in [0.05, 0.1) is 6.61 Å². The highest BCUT2D eigenvalue weighted by Gasteiger charge is 2.27. The normalized spacial score (nSPS) is 12.8. The fraction of sp³-hybridized carbons (Fsp3) is 0.900. The van der Waals surface area contributed by atoms with Gasteiger partial charge in [-0.25, -0.2) is 0 Å². The lowest BCUT2D eigenvalue weighted by atomic mass is 9.84. The van der Waals surface area contributed by atoms with Gasteiger partial charge in [-0.3, -0.25) is 4.79 Å². The quantitative estimate of drug-likeness (QED) is 0.522. The largest absolute Gasteiger partial charge is 0.465 e. The van der Waals surface area contributed by atoms with Crippen molar-refractivity contribution >= 4 is 17.6 Å². The Hall–Kier alpha value is -0.240. The van der Waals surface area contributed by atoms with E-state index in [1.807, 2.05) is 27.7 Å². The van der Waals surface area contributed by atoms with Crippen LogP contribution in [0.2, 0.25) is 0 Å². The number of hydrogen-bond donors (Lipinski definition) is 0. The average Bonchev–Trinajstić information content (AvgIpc) is 1.78. The summed E-state index contributed by atoms with van der Waals surface area (Å²) in [5.41, 5.74) is -0.0586. The molecule has 0 spiro atoms. The first-order chi connectivity index (χ1) is 5.62. The summed E-state index contributed by atoms with van der Waals surface area (Å²) in [7, 11) is 0. The highest BCUT2D eigenvalue weighted by molar-refractivity contribution is 6.23. The Morgan fingerprint density at radius 2 is 1.77 bits per heavy atom. The number of ether oxygens (including phenoxy) is 1. The SMILES string of the molecule is CC(=O)OCC(C)(C)CC(C)(C)Cl. The fourth-order valence-electron chi connectivity index (χ4n) is 1.49. The van der Waals surface area contributed by atoms with Crippen LogP contribution in [0, 0.1) is 5.41 Å². The molecule has 78 valence electrons. The van der Waals surface area contributed by atoms with E-state index in [1.165, 1.54) is 6.92 Å². The Kier molecular flexibility index (Phi) is 4.24. The number of carbonyl (C=O) groups excluding carboxylic acids is 1. The molecule has 2 nitrogen and oxygen atoms in total. The molecule has 0 rings (SSSR count). The van der Waals surface area contributed by atoms with E-state index in [0.29, 0.717) is 6.61 Å². The maximum absolute atomic E-state index is 10.6. The summed E-state index contributed by atoms with van der Waals surface area (Å²) in [5, 5.41) is 0. The van der Waals surface area contributed by atoms with E-state index in [2.05, 4.69) is 0 Å². The standard InChI is InChI=1S/C10H19ClO2/c1-8(12)13-7-9(2,3)6-10(4,5)11/h6-7H2,1-5H3. The zero-order chi connectivity index (χ0) is 10.7. The minimum absolute atomic E-state index is 0.0586. The van der Waals surface area contributed by atoms with E-state index in [-0.39, 0.29) is 16.3 Å². The van der Waals surface area contributed by atoms with Crippen LogP contribution < -0.4 is 0 Å². The molecule has 0 heterocycles. The molecular weight excluding hydrogens is 188 g/mol. The molecule has 0 aliphatic carbocycles. The van der Waals surface area contributed by atoms with E-state index in [1.54, 1.807) is 0 Å². The molecule has 0 aromatic heterocycles. The summed E-state index contributed by atoms with van der Waals surface area (Å²) in [5.74, 6) is -0.236. The molecule has 0 N–H and O–H groups in total. The highest BCUT2D eigenvalue weighted by Crippen LogP contribution is 2.32. The van der Waals surface area contributed by atoms with Gasteiger partial charge in [0.15, 0.2) is 0 Å². The van der Waals surface area contributed by atoms with Gasteiger partial charge in [-0.15, -0.1) is 11.6 Å². The van der Waals surface area contributed by atoms with Crippen LogP contribution in [0.4, 0.5) is 0 Å². The molecule has 0 aromatic carbocycles. The third-order valence-electron chi connectivity index (χ3n) is 1.57. The molecule has 0 amide bonds. The summed E-state index contributed by atoms with van der Waals surface area (Å²) in [6.45, 7) is 9.86. The molecule has 0 bridgehead atoms. The van der Waals surface area contributed by atoms with Gasteiger partial charge in [-0.1, -0.05) is 13.8 Å². The molecule has 3 heteroatoms. The number of hydrogen-bond acceptors (Lipinski definition) is 2. The number of esters is 1. The minimum Gasteiger partial charge on any atom is -0.465 e. The molecule has 0 aliphatic rings. The molecule has 0 saturated carbocycles.